The zero-order valence-electron chi connectivity index (χ0n) is 9.17. The molecule has 0 aromatic heterocycles. The standard InChI is InChI=1S/C13H20/c1-5-8-9-11-12(4)13(7-3)10-6-2/h6-11H,5H2,1-4H3/b9-8+,10-6-,12-11-,13-7-. The van der Waals surface area contributed by atoms with Gasteiger partial charge in [0.05, 0.1) is 0 Å². The van der Waals surface area contributed by atoms with E-state index < -0.39 is 0 Å². The summed E-state index contributed by atoms with van der Waals surface area (Å²) in [6.45, 7) is 8.38. The van der Waals surface area contributed by atoms with E-state index >= 15 is 0 Å². The molecule has 0 amide bonds. The van der Waals surface area contributed by atoms with E-state index in [2.05, 4.69) is 57.2 Å². The second-order valence-electron chi connectivity index (χ2n) is 2.93. The average molecular weight is 176 g/mol. The molecule has 0 aliphatic carbocycles. The van der Waals surface area contributed by atoms with Gasteiger partial charge in [-0.2, -0.15) is 0 Å². The Morgan fingerprint density at radius 1 is 1.23 bits per heavy atom. The fourth-order valence-electron chi connectivity index (χ4n) is 1.08. The highest BCUT2D eigenvalue weighted by atomic mass is 14.0. The highest BCUT2D eigenvalue weighted by Crippen LogP contribution is 2.10. The van der Waals surface area contributed by atoms with Crippen molar-refractivity contribution in [1.29, 1.82) is 0 Å². The fraction of sp³-hybridized carbons (Fsp3) is 0.385. The van der Waals surface area contributed by atoms with E-state index in [9.17, 15) is 0 Å². The van der Waals surface area contributed by atoms with Crippen LogP contribution in [0.1, 0.15) is 34.1 Å². The van der Waals surface area contributed by atoms with E-state index in [1.54, 1.807) is 0 Å². The quantitative estimate of drug-likeness (QED) is 0.556. The molecule has 0 aromatic carbocycles. The van der Waals surface area contributed by atoms with Crippen LogP contribution in [0.3, 0.4) is 0 Å². The van der Waals surface area contributed by atoms with Crippen LogP contribution in [0.5, 0.6) is 0 Å². The van der Waals surface area contributed by atoms with Crippen LogP contribution in [0.15, 0.2) is 47.6 Å². The summed E-state index contributed by atoms with van der Waals surface area (Å²) in [6.07, 6.45) is 13.8. The van der Waals surface area contributed by atoms with Gasteiger partial charge in [0, 0.05) is 0 Å². The number of hydrogen-bond acceptors (Lipinski definition) is 0. The summed E-state index contributed by atoms with van der Waals surface area (Å²) in [6, 6.07) is 0. The minimum atomic E-state index is 1.10. The maximum Gasteiger partial charge on any atom is -0.0273 e. The third-order valence-electron chi connectivity index (χ3n) is 1.83. The molecule has 0 spiro atoms. The van der Waals surface area contributed by atoms with E-state index in [0.717, 1.165) is 6.42 Å². The molecule has 72 valence electrons. The van der Waals surface area contributed by atoms with Crippen LogP contribution in [0.25, 0.3) is 0 Å². The third-order valence-corrected chi connectivity index (χ3v) is 1.83. The van der Waals surface area contributed by atoms with Crippen LogP contribution >= 0.6 is 0 Å². The minimum Gasteiger partial charge on any atom is -0.0871 e. The highest BCUT2D eigenvalue weighted by Gasteiger charge is 1.90. The first kappa shape index (κ1) is 12.0. The van der Waals surface area contributed by atoms with Crippen molar-refractivity contribution in [3.63, 3.8) is 0 Å². The molecule has 0 saturated carbocycles. The lowest BCUT2D eigenvalue weighted by Crippen LogP contribution is -1.79. The number of hydrogen-bond donors (Lipinski definition) is 0. The first-order valence-electron chi connectivity index (χ1n) is 4.89. The average Bonchev–Trinajstić information content (AvgIpc) is 2.14. The van der Waals surface area contributed by atoms with Gasteiger partial charge in [-0.05, 0) is 38.3 Å². The first-order chi connectivity index (χ1) is 6.26. The Bertz CT molecular complexity index is 237. The molecule has 0 nitrogen and oxygen atoms in total. The van der Waals surface area contributed by atoms with Crippen LogP contribution in [0, 0.1) is 0 Å². The Balaban J connectivity index is 4.46. The molecule has 0 radical (unpaired) electrons. The monoisotopic (exact) mass is 176 g/mol. The predicted molar refractivity (Wildman–Crippen MR) is 61.8 cm³/mol. The lowest BCUT2D eigenvalue weighted by atomic mass is 10.1. The molecule has 0 aromatic rings. The lowest BCUT2D eigenvalue weighted by Gasteiger charge is -1.99. The SMILES string of the molecule is C\C=C/C(=C/C)C(/C)=C\C=C\CC. The summed E-state index contributed by atoms with van der Waals surface area (Å²) in [4.78, 5) is 0. The van der Waals surface area contributed by atoms with Gasteiger partial charge in [0.15, 0.2) is 0 Å². The highest BCUT2D eigenvalue weighted by molar-refractivity contribution is 5.39. The van der Waals surface area contributed by atoms with Crippen LogP contribution in [0.4, 0.5) is 0 Å². The Hall–Kier alpha value is -1.04. The van der Waals surface area contributed by atoms with Crippen molar-refractivity contribution < 1.29 is 0 Å². The molecule has 0 fully saturated rings. The molecule has 0 aliphatic rings. The number of rotatable bonds is 4. The van der Waals surface area contributed by atoms with Gasteiger partial charge in [-0.15, -0.1) is 0 Å². The molecule has 0 atom stereocenters. The molecule has 0 bridgehead atoms. The summed E-state index contributed by atoms with van der Waals surface area (Å²) >= 11 is 0. The first-order valence-corrected chi connectivity index (χ1v) is 4.89. The summed E-state index contributed by atoms with van der Waals surface area (Å²) < 4.78 is 0. The Morgan fingerprint density at radius 2 is 1.92 bits per heavy atom. The lowest BCUT2D eigenvalue weighted by molar-refractivity contribution is 1.22. The molecule has 0 unspecified atom stereocenters. The molecule has 0 saturated heterocycles. The maximum atomic E-state index is 2.16. The second-order valence-corrected chi connectivity index (χ2v) is 2.93. The summed E-state index contributed by atoms with van der Waals surface area (Å²) in [5, 5.41) is 0. The van der Waals surface area contributed by atoms with Gasteiger partial charge in [-0.25, -0.2) is 0 Å². The molecule has 0 aliphatic heterocycles. The van der Waals surface area contributed by atoms with Gasteiger partial charge < -0.3 is 0 Å². The zero-order chi connectivity index (χ0) is 10.1. The predicted octanol–water partition coefficient (Wildman–Crippen LogP) is 4.42. The minimum absolute atomic E-state index is 1.10. The van der Waals surface area contributed by atoms with Crippen molar-refractivity contribution in [2.75, 3.05) is 0 Å². The largest absolute Gasteiger partial charge is 0.0871 e. The van der Waals surface area contributed by atoms with Crippen molar-refractivity contribution in [1.82, 2.24) is 0 Å². The normalized spacial score (nSPS) is 14.8. The third kappa shape index (κ3) is 5.24. The van der Waals surface area contributed by atoms with Crippen LogP contribution in [0.2, 0.25) is 0 Å². The summed E-state index contributed by atoms with van der Waals surface area (Å²) in [7, 11) is 0. The van der Waals surface area contributed by atoms with Gasteiger partial charge in [0.1, 0.15) is 0 Å². The molecular weight excluding hydrogens is 156 g/mol. The zero-order valence-corrected chi connectivity index (χ0v) is 9.17. The fourth-order valence-corrected chi connectivity index (χ4v) is 1.08. The van der Waals surface area contributed by atoms with Crippen molar-refractivity contribution in [3.05, 3.63) is 47.6 Å². The van der Waals surface area contributed by atoms with Crippen molar-refractivity contribution >= 4 is 0 Å². The maximum absolute atomic E-state index is 2.16. The molecule has 0 heterocycles. The Morgan fingerprint density at radius 3 is 2.38 bits per heavy atom. The van der Waals surface area contributed by atoms with Crippen molar-refractivity contribution in [3.8, 4) is 0 Å². The molecule has 0 rings (SSSR count). The van der Waals surface area contributed by atoms with E-state index in [0.29, 0.717) is 0 Å². The number of allylic oxidation sites excluding steroid dienone is 8. The van der Waals surface area contributed by atoms with Gasteiger partial charge in [-0.3, -0.25) is 0 Å². The van der Waals surface area contributed by atoms with Gasteiger partial charge >= 0.3 is 0 Å². The van der Waals surface area contributed by atoms with E-state index in [-0.39, 0.29) is 0 Å². The van der Waals surface area contributed by atoms with Gasteiger partial charge in [0.25, 0.3) is 0 Å². The van der Waals surface area contributed by atoms with E-state index in [1.165, 1.54) is 11.1 Å². The van der Waals surface area contributed by atoms with Gasteiger partial charge in [-0.1, -0.05) is 43.4 Å². The van der Waals surface area contributed by atoms with Crippen molar-refractivity contribution in [2.24, 2.45) is 0 Å². The van der Waals surface area contributed by atoms with Crippen LogP contribution < -0.4 is 0 Å². The van der Waals surface area contributed by atoms with Gasteiger partial charge in [0.2, 0.25) is 0 Å². The second kappa shape index (κ2) is 7.60. The topological polar surface area (TPSA) is 0 Å². The van der Waals surface area contributed by atoms with E-state index in [4.69, 9.17) is 0 Å². The Kier molecular flexibility index (Phi) is 6.99. The summed E-state index contributed by atoms with van der Waals surface area (Å²) in [5.41, 5.74) is 2.61. The summed E-state index contributed by atoms with van der Waals surface area (Å²) in [5.74, 6) is 0. The molecular formula is C13H20. The van der Waals surface area contributed by atoms with Crippen LogP contribution in [-0.4, -0.2) is 0 Å². The molecule has 0 heteroatoms. The van der Waals surface area contributed by atoms with E-state index in [1.807, 2.05) is 6.92 Å². The molecule has 0 N–H and O–H groups in total. The smallest absolute Gasteiger partial charge is 0.0273 e. The molecule has 13 heavy (non-hydrogen) atoms. The Labute approximate surface area is 82.4 Å². The van der Waals surface area contributed by atoms with Crippen molar-refractivity contribution in [2.45, 2.75) is 34.1 Å². The van der Waals surface area contributed by atoms with Crippen LogP contribution in [-0.2, 0) is 0 Å².